The maximum Gasteiger partial charge on any atom is 0.135 e. The van der Waals surface area contributed by atoms with Crippen LogP contribution >= 0.6 is 11.3 Å². The molecule has 0 saturated heterocycles. The average molecular weight is 532 g/mol. The molecule has 0 saturated carbocycles. The van der Waals surface area contributed by atoms with Crippen molar-refractivity contribution in [1.82, 2.24) is 0 Å². The Morgan fingerprint density at radius 3 is 2.05 bits per heavy atom. The number of furan rings is 1. The molecule has 8 rings (SSSR count). The highest BCUT2D eigenvalue weighted by molar-refractivity contribution is 7.25. The van der Waals surface area contributed by atoms with E-state index in [9.17, 15) is 0 Å². The molecule has 0 bridgehead atoms. The van der Waals surface area contributed by atoms with Crippen LogP contribution < -0.4 is 4.90 Å². The van der Waals surface area contributed by atoms with E-state index in [4.69, 9.17) is 4.42 Å². The third-order valence-electron chi connectivity index (χ3n) is 7.66. The second-order valence-corrected chi connectivity index (χ2v) is 11.3. The second kappa shape index (κ2) is 9.41. The molecule has 0 spiro atoms. The summed E-state index contributed by atoms with van der Waals surface area (Å²) in [4.78, 5) is 2.36. The van der Waals surface area contributed by atoms with Gasteiger partial charge in [-0.2, -0.15) is 0 Å². The van der Waals surface area contributed by atoms with E-state index in [1.54, 1.807) is 0 Å². The molecule has 0 N–H and O–H groups in total. The highest BCUT2D eigenvalue weighted by Crippen LogP contribution is 2.40. The lowest BCUT2D eigenvalue weighted by molar-refractivity contribution is 0.668. The van der Waals surface area contributed by atoms with Gasteiger partial charge in [-0.05, 0) is 72.1 Å². The summed E-state index contributed by atoms with van der Waals surface area (Å²) in [5, 5.41) is 4.97. The predicted octanol–water partition coefficient (Wildman–Crippen LogP) is 11.0. The van der Waals surface area contributed by atoms with Crippen LogP contribution in [0.4, 0.5) is 17.1 Å². The fraction of sp³-hybridized carbons (Fsp3) is 0.0270. The van der Waals surface area contributed by atoms with E-state index in [0.717, 1.165) is 34.6 Å². The molecule has 6 aromatic carbocycles. The van der Waals surface area contributed by atoms with E-state index in [2.05, 4.69) is 132 Å². The smallest absolute Gasteiger partial charge is 0.135 e. The van der Waals surface area contributed by atoms with Crippen molar-refractivity contribution < 1.29 is 4.42 Å². The standard InChI is InChI=1S/C37H25NOS/c1-2-10-27(11-3-1)38(29-18-20-33-32-14-5-7-16-36(32)40-37(33)24-29)28-12-8-9-25(22-28)21-26-17-19-31-30-13-4-6-15-34(30)39-35(31)23-26/h1-20,22-24H,21H2. The van der Waals surface area contributed by atoms with Crippen molar-refractivity contribution in [2.75, 3.05) is 4.90 Å². The highest BCUT2D eigenvalue weighted by atomic mass is 32.1. The van der Waals surface area contributed by atoms with Crippen molar-refractivity contribution >= 4 is 70.5 Å². The van der Waals surface area contributed by atoms with Crippen LogP contribution in [0.15, 0.2) is 144 Å². The van der Waals surface area contributed by atoms with Crippen LogP contribution in [0.25, 0.3) is 42.1 Å². The van der Waals surface area contributed by atoms with Gasteiger partial charge in [0, 0.05) is 48.0 Å². The van der Waals surface area contributed by atoms with Crippen molar-refractivity contribution in [2.45, 2.75) is 6.42 Å². The summed E-state index contributed by atoms with van der Waals surface area (Å²) >= 11 is 1.86. The van der Waals surface area contributed by atoms with E-state index in [1.165, 1.54) is 42.1 Å². The van der Waals surface area contributed by atoms with Gasteiger partial charge < -0.3 is 9.32 Å². The Labute approximate surface area is 236 Å². The molecule has 2 heterocycles. The lowest BCUT2D eigenvalue weighted by atomic mass is 10.0. The average Bonchev–Trinajstić information content (AvgIpc) is 3.55. The molecule has 2 nitrogen and oxygen atoms in total. The second-order valence-electron chi connectivity index (χ2n) is 10.2. The molecular weight excluding hydrogens is 506 g/mol. The minimum Gasteiger partial charge on any atom is -0.456 e. The van der Waals surface area contributed by atoms with Crippen molar-refractivity contribution in [3.05, 3.63) is 151 Å². The van der Waals surface area contributed by atoms with Gasteiger partial charge in [0.15, 0.2) is 0 Å². The van der Waals surface area contributed by atoms with Gasteiger partial charge in [0.1, 0.15) is 11.2 Å². The number of hydrogen-bond acceptors (Lipinski definition) is 3. The first-order chi connectivity index (χ1) is 19.8. The molecule has 0 radical (unpaired) electrons. The van der Waals surface area contributed by atoms with Crippen LogP contribution in [0.3, 0.4) is 0 Å². The van der Waals surface area contributed by atoms with Crippen LogP contribution in [-0.2, 0) is 6.42 Å². The van der Waals surface area contributed by atoms with Crippen LogP contribution in [-0.4, -0.2) is 0 Å². The molecule has 8 aromatic rings. The predicted molar refractivity (Wildman–Crippen MR) is 171 cm³/mol. The zero-order chi connectivity index (χ0) is 26.5. The highest BCUT2D eigenvalue weighted by Gasteiger charge is 2.15. The Balaban J connectivity index is 1.19. The SMILES string of the molecule is c1ccc(N(c2cccc(Cc3ccc4c(c3)oc3ccccc34)c2)c2ccc3c(c2)sc2ccccc23)cc1. The van der Waals surface area contributed by atoms with Crippen LogP contribution in [0.5, 0.6) is 0 Å². The number of nitrogens with zero attached hydrogens (tertiary/aromatic N) is 1. The van der Waals surface area contributed by atoms with E-state index >= 15 is 0 Å². The number of para-hydroxylation sites is 2. The first kappa shape index (κ1) is 23.1. The first-order valence-electron chi connectivity index (χ1n) is 13.6. The van der Waals surface area contributed by atoms with Crippen molar-refractivity contribution in [1.29, 1.82) is 0 Å². The molecule has 0 aliphatic carbocycles. The van der Waals surface area contributed by atoms with Gasteiger partial charge >= 0.3 is 0 Å². The number of anilines is 3. The van der Waals surface area contributed by atoms with Crippen molar-refractivity contribution in [3.8, 4) is 0 Å². The summed E-state index contributed by atoms with van der Waals surface area (Å²) in [7, 11) is 0. The zero-order valence-electron chi connectivity index (χ0n) is 21.7. The van der Waals surface area contributed by atoms with Gasteiger partial charge in [-0.3, -0.25) is 0 Å². The minimum absolute atomic E-state index is 0.832. The Kier molecular flexibility index (Phi) is 5.42. The van der Waals surface area contributed by atoms with E-state index < -0.39 is 0 Å². The van der Waals surface area contributed by atoms with Crippen LogP contribution in [0.2, 0.25) is 0 Å². The number of thiophene rings is 1. The molecule has 3 heteroatoms. The van der Waals surface area contributed by atoms with Gasteiger partial charge in [0.2, 0.25) is 0 Å². The zero-order valence-corrected chi connectivity index (χ0v) is 22.6. The molecule has 40 heavy (non-hydrogen) atoms. The minimum atomic E-state index is 0.832. The number of rotatable bonds is 5. The Hall–Kier alpha value is -4.86. The van der Waals surface area contributed by atoms with Gasteiger partial charge in [0.25, 0.3) is 0 Å². The summed E-state index contributed by atoms with van der Waals surface area (Å²) < 4.78 is 8.78. The molecular formula is C37H25NOS. The van der Waals surface area contributed by atoms with Gasteiger partial charge in [0.05, 0.1) is 0 Å². The third-order valence-corrected chi connectivity index (χ3v) is 8.79. The maximum atomic E-state index is 6.16. The van der Waals surface area contributed by atoms with Gasteiger partial charge in [-0.25, -0.2) is 0 Å². The third kappa shape index (κ3) is 3.95. The van der Waals surface area contributed by atoms with Gasteiger partial charge in [-0.1, -0.05) is 84.9 Å². The van der Waals surface area contributed by atoms with Gasteiger partial charge in [-0.15, -0.1) is 11.3 Å². The molecule has 190 valence electrons. The van der Waals surface area contributed by atoms with Crippen molar-refractivity contribution in [2.24, 2.45) is 0 Å². The van der Waals surface area contributed by atoms with E-state index in [-0.39, 0.29) is 0 Å². The number of fused-ring (bicyclic) bond motifs is 6. The fourth-order valence-corrected chi connectivity index (χ4v) is 6.94. The molecule has 0 aliphatic rings. The summed E-state index contributed by atoms with van der Waals surface area (Å²) in [6, 6.07) is 49.9. The normalized spacial score (nSPS) is 11.6. The largest absolute Gasteiger partial charge is 0.456 e. The molecule has 0 fully saturated rings. The first-order valence-corrected chi connectivity index (χ1v) is 14.4. The Morgan fingerprint density at radius 1 is 0.450 bits per heavy atom. The number of hydrogen-bond donors (Lipinski definition) is 0. The van der Waals surface area contributed by atoms with Crippen LogP contribution in [0.1, 0.15) is 11.1 Å². The molecule has 0 unspecified atom stereocenters. The van der Waals surface area contributed by atoms with E-state index in [1.807, 2.05) is 23.5 Å². The Morgan fingerprint density at radius 2 is 1.12 bits per heavy atom. The number of benzene rings is 6. The molecule has 2 aromatic heterocycles. The quantitative estimate of drug-likeness (QED) is 0.220. The summed E-state index contributed by atoms with van der Waals surface area (Å²) in [5.74, 6) is 0. The molecule has 0 atom stereocenters. The lowest BCUT2D eigenvalue weighted by Gasteiger charge is -2.26. The molecule has 0 aliphatic heterocycles. The monoisotopic (exact) mass is 531 g/mol. The fourth-order valence-electron chi connectivity index (χ4n) is 5.80. The summed E-state index contributed by atoms with van der Waals surface area (Å²) in [6.07, 6.45) is 0.832. The summed E-state index contributed by atoms with van der Waals surface area (Å²) in [6.45, 7) is 0. The van der Waals surface area contributed by atoms with Crippen molar-refractivity contribution in [3.63, 3.8) is 0 Å². The van der Waals surface area contributed by atoms with E-state index in [0.29, 0.717) is 0 Å². The topological polar surface area (TPSA) is 16.4 Å². The Bertz CT molecular complexity index is 2150. The lowest BCUT2D eigenvalue weighted by Crippen LogP contribution is -2.10. The van der Waals surface area contributed by atoms with Crippen LogP contribution in [0, 0.1) is 0 Å². The maximum absolute atomic E-state index is 6.16. The summed E-state index contributed by atoms with van der Waals surface area (Å²) in [5.41, 5.74) is 7.82. The molecule has 0 amide bonds.